The first-order valence-corrected chi connectivity index (χ1v) is 12.1. The maximum Gasteiger partial charge on any atom is 0.245 e. The molecule has 0 aliphatic heterocycles. The lowest BCUT2D eigenvalue weighted by molar-refractivity contribution is -0.128. The van der Waals surface area contributed by atoms with Crippen molar-refractivity contribution in [2.24, 2.45) is 5.14 Å². The molecule has 0 bridgehead atoms. The van der Waals surface area contributed by atoms with E-state index in [-0.39, 0.29) is 27.2 Å². The SMILES string of the molecule is NS(=O)(=O)c1ccc(NC(S)CC(=O)CC(=O)NNC(=S)Nc2cccc(Cl)c2Cl)cc1. The average Bonchev–Trinajstić information content (AvgIpc) is 2.69. The van der Waals surface area contributed by atoms with E-state index in [1.54, 1.807) is 18.2 Å². The molecule has 14 heteroatoms. The van der Waals surface area contributed by atoms with Crippen LogP contribution in [0.3, 0.4) is 0 Å². The van der Waals surface area contributed by atoms with Crippen molar-refractivity contribution in [1.29, 1.82) is 0 Å². The van der Waals surface area contributed by atoms with Crippen LogP contribution in [0.15, 0.2) is 47.4 Å². The lowest BCUT2D eigenvalue weighted by Gasteiger charge is -2.15. The van der Waals surface area contributed by atoms with Gasteiger partial charge in [-0.15, -0.1) is 0 Å². The minimum Gasteiger partial charge on any atom is -0.373 e. The number of nitrogens with two attached hydrogens (primary N) is 1. The van der Waals surface area contributed by atoms with E-state index < -0.39 is 27.7 Å². The number of thiocarbonyl (C=S) groups is 1. The summed E-state index contributed by atoms with van der Waals surface area (Å²) in [7, 11) is -3.79. The normalized spacial score (nSPS) is 11.9. The first kappa shape index (κ1) is 26.2. The molecule has 2 rings (SSSR count). The Morgan fingerprint density at radius 3 is 2.38 bits per heavy atom. The van der Waals surface area contributed by atoms with Crippen molar-refractivity contribution in [3.63, 3.8) is 0 Å². The van der Waals surface area contributed by atoms with Crippen LogP contribution in [0.4, 0.5) is 11.4 Å². The van der Waals surface area contributed by atoms with Gasteiger partial charge in [-0.2, -0.15) is 12.6 Å². The van der Waals surface area contributed by atoms with E-state index in [1.807, 2.05) is 0 Å². The summed E-state index contributed by atoms with van der Waals surface area (Å²) in [6.07, 6.45) is -0.467. The van der Waals surface area contributed by atoms with Gasteiger partial charge in [0.25, 0.3) is 0 Å². The van der Waals surface area contributed by atoms with Crippen LogP contribution >= 0.6 is 48.0 Å². The number of hydrazine groups is 1. The predicted molar refractivity (Wildman–Crippen MR) is 132 cm³/mol. The number of Topliss-reactive ketones (excluding diaryl/α,β-unsaturated/α-hetero) is 1. The second-order valence-electron chi connectivity index (χ2n) is 6.38. The monoisotopic (exact) mass is 535 g/mol. The van der Waals surface area contributed by atoms with Crippen molar-refractivity contribution >= 4 is 86.2 Å². The maximum absolute atomic E-state index is 12.1. The van der Waals surface area contributed by atoms with E-state index in [0.29, 0.717) is 16.4 Å². The van der Waals surface area contributed by atoms with E-state index in [9.17, 15) is 18.0 Å². The van der Waals surface area contributed by atoms with Crippen LogP contribution in [0.5, 0.6) is 0 Å². The number of sulfonamides is 1. The zero-order chi connectivity index (χ0) is 23.9. The zero-order valence-electron chi connectivity index (χ0n) is 16.3. The maximum atomic E-state index is 12.1. The molecule has 1 atom stereocenters. The Kier molecular flexibility index (Phi) is 9.55. The van der Waals surface area contributed by atoms with Gasteiger partial charge in [0.1, 0.15) is 5.78 Å². The summed E-state index contributed by atoms with van der Waals surface area (Å²) in [6, 6.07) is 10.6. The third-order valence-electron chi connectivity index (χ3n) is 3.81. The molecule has 0 aliphatic carbocycles. The summed E-state index contributed by atoms with van der Waals surface area (Å²) < 4.78 is 22.5. The van der Waals surface area contributed by atoms with E-state index in [1.165, 1.54) is 24.3 Å². The number of ketones is 1. The fourth-order valence-electron chi connectivity index (χ4n) is 2.38. The Labute approximate surface area is 205 Å². The molecule has 2 aromatic rings. The topological polar surface area (TPSA) is 142 Å². The molecular weight excluding hydrogens is 517 g/mol. The second kappa shape index (κ2) is 11.7. The van der Waals surface area contributed by atoms with Gasteiger partial charge >= 0.3 is 0 Å². The number of rotatable bonds is 8. The minimum atomic E-state index is -3.79. The number of hydrogen-bond donors (Lipinski definition) is 6. The van der Waals surface area contributed by atoms with Crippen molar-refractivity contribution < 1.29 is 18.0 Å². The molecule has 6 N–H and O–H groups in total. The van der Waals surface area contributed by atoms with Crippen molar-refractivity contribution in [2.75, 3.05) is 10.6 Å². The van der Waals surface area contributed by atoms with Crippen LogP contribution in [-0.4, -0.2) is 30.6 Å². The van der Waals surface area contributed by atoms with Gasteiger partial charge in [0.2, 0.25) is 15.9 Å². The lowest BCUT2D eigenvalue weighted by Crippen LogP contribution is -2.44. The van der Waals surface area contributed by atoms with Crippen molar-refractivity contribution in [2.45, 2.75) is 23.1 Å². The van der Waals surface area contributed by atoms with Gasteiger partial charge in [-0.1, -0.05) is 29.3 Å². The molecule has 0 saturated carbocycles. The first-order chi connectivity index (χ1) is 15.0. The largest absolute Gasteiger partial charge is 0.373 e. The minimum absolute atomic E-state index is 0.0379. The summed E-state index contributed by atoms with van der Waals surface area (Å²) in [5, 5.41) is 10.8. The van der Waals surface area contributed by atoms with Gasteiger partial charge < -0.3 is 10.6 Å². The number of carbonyl (C=O) groups is 2. The van der Waals surface area contributed by atoms with E-state index in [2.05, 4.69) is 34.1 Å². The van der Waals surface area contributed by atoms with Gasteiger partial charge in [-0.05, 0) is 48.6 Å². The third-order valence-corrected chi connectivity index (χ3v) is 6.07. The molecule has 0 aliphatic rings. The van der Waals surface area contributed by atoms with Crippen LogP contribution in [0, 0.1) is 0 Å². The van der Waals surface area contributed by atoms with E-state index in [4.69, 9.17) is 40.6 Å². The first-order valence-electron chi connectivity index (χ1n) is 8.84. The van der Waals surface area contributed by atoms with Crippen LogP contribution < -0.4 is 26.6 Å². The smallest absolute Gasteiger partial charge is 0.245 e. The van der Waals surface area contributed by atoms with Crippen LogP contribution in [0.1, 0.15) is 12.8 Å². The van der Waals surface area contributed by atoms with Crippen LogP contribution in [0.25, 0.3) is 0 Å². The number of primary sulfonamides is 1. The fraction of sp³-hybridized carbons (Fsp3) is 0.167. The molecule has 0 spiro atoms. The molecule has 172 valence electrons. The fourth-order valence-corrected chi connectivity index (χ4v) is 3.75. The highest BCUT2D eigenvalue weighted by Crippen LogP contribution is 2.29. The number of hydrogen-bond acceptors (Lipinski definition) is 7. The van der Waals surface area contributed by atoms with Crippen molar-refractivity contribution in [3.8, 4) is 0 Å². The molecule has 0 fully saturated rings. The van der Waals surface area contributed by atoms with Gasteiger partial charge in [-0.3, -0.25) is 20.4 Å². The predicted octanol–water partition coefficient (Wildman–Crippen LogP) is 2.68. The van der Waals surface area contributed by atoms with Crippen molar-refractivity contribution in [3.05, 3.63) is 52.5 Å². The number of nitrogens with one attached hydrogen (secondary N) is 4. The summed E-state index contributed by atoms with van der Waals surface area (Å²) in [5.74, 6) is -0.982. The van der Waals surface area contributed by atoms with Crippen LogP contribution in [-0.2, 0) is 19.6 Å². The van der Waals surface area contributed by atoms with Gasteiger partial charge in [-0.25, -0.2) is 13.6 Å². The Morgan fingerprint density at radius 1 is 1.09 bits per heavy atom. The van der Waals surface area contributed by atoms with Gasteiger partial charge in [0.15, 0.2) is 5.11 Å². The summed E-state index contributed by atoms with van der Waals surface area (Å²) in [5.41, 5.74) is 5.76. The van der Waals surface area contributed by atoms with E-state index in [0.717, 1.165) is 0 Å². The quantitative estimate of drug-likeness (QED) is 0.0995. The number of anilines is 2. The number of benzene rings is 2. The molecule has 1 unspecified atom stereocenters. The number of carbonyl (C=O) groups excluding carboxylic acids is 2. The van der Waals surface area contributed by atoms with Crippen molar-refractivity contribution in [1.82, 2.24) is 10.9 Å². The summed E-state index contributed by atoms with van der Waals surface area (Å²) in [6.45, 7) is 0. The molecule has 9 nitrogen and oxygen atoms in total. The highest BCUT2D eigenvalue weighted by Gasteiger charge is 2.15. The zero-order valence-corrected chi connectivity index (χ0v) is 20.3. The number of amides is 1. The Hall–Kier alpha value is -2.09. The molecular formula is C18H19Cl2N5O4S3. The molecule has 0 saturated heterocycles. The summed E-state index contributed by atoms with van der Waals surface area (Å²) in [4.78, 5) is 24.0. The molecule has 0 aromatic heterocycles. The Morgan fingerprint density at radius 2 is 1.75 bits per heavy atom. The Bertz CT molecular complexity index is 1110. The summed E-state index contributed by atoms with van der Waals surface area (Å²) >= 11 is 21.3. The average molecular weight is 536 g/mol. The standard InChI is InChI=1S/C18H19Cl2N5O4S3/c19-13-2-1-3-14(17(13)20)23-18(31)25-24-15(27)8-11(26)9-16(30)22-10-4-6-12(7-5-10)32(21,28)29/h1-7,16,22,30H,8-9H2,(H,24,27)(H2,21,28,29)(H2,23,25,31). The Balaban J connectivity index is 1.75. The highest BCUT2D eigenvalue weighted by molar-refractivity contribution is 7.89. The highest BCUT2D eigenvalue weighted by atomic mass is 35.5. The van der Waals surface area contributed by atoms with E-state index >= 15 is 0 Å². The number of thiol groups is 1. The molecule has 1 amide bonds. The third kappa shape index (κ3) is 8.45. The van der Waals surface area contributed by atoms with Gasteiger partial charge in [0, 0.05) is 12.1 Å². The molecule has 2 aromatic carbocycles. The lowest BCUT2D eigenvalue weighted by atomic mass is 10.2. The second-order valence-corrected chi connectivity index (χ2v) is 9.76. The molecule has 32 heavy (non-hydrogen) atoms. The molecule has 0 radical (unpaired) electrons. The van der Waals surface area contributed by atoms with Gasteiger partial charge in [0.05, 0.1) is 32.4 Å². The number of halogens is 2. The molecule has 0 heterocycles. The van der Waals surface area contributed by atoms with Crippen LogP contribution in [0.2, 0.25) is 10.0 Å².